The highest BCUT2D eigenvalue weighted by Gasteiger charge is 1.99. The fourth-order valence-electron chi connectivity index (χ4n) is 0.724. The van der Waals surface area contributed by atoms with Gasteiger partial charge in [0.25, 0.3) is 0 Å². The molecule has 0 aliphatic rings. The van der Waals surface area contributed by atoms with Gasteiger partial charge in [0.05, 0.1) is 0 Å². The predicted octanol–water partition coefficient (Wildman–Crippen LogP) is -0.542. The Balaban J connectivity index is 2.16. The number of carbonyl (C=O) groups is 1. The van der Waals surface area contributed by atoms with Crippen molar-refractivity contribution in [2.75, 3.05) is 18.4 Å². The van der Waals surface area contributed by atoms with Crippen LogP contribution in [-0.2, 0) is 0 Å². The molecule has 0 spiro atoms. The maximum atomic E-state index is 10.2. The number of nitrogens with zero attached hydrogens (tertiary/aromatic N) is 2. The first-order valence-electron chi connectivity index (χ1n) is 3.76. The van der Waals surface area contributed by atoms with Gasteiger partial charge in [-0.15, -0.1) is 0 Å². The van der Waals surface area contributed by atoms with E-state index >= 15 is 0 Å². The molecule has 0 aliphatic heterocycles. The van der Waals surface area contributed by atoms with Gasteiger partial charge in [0.1, 0.15) is 0 Å². The molecule has 7 nitrogen and oxygen atoms in total. The van der Waals surface area contributed by atoms with Crippen LogP contribution in [0.15, 0.2) is 4.52 Å². The molecule has 0 atom stereocenters. The van der Waals surface area contributed by atoms with E-state index in [2.05, 4.69) is 20.8 Å². The first-order valence-corrected chi connectivity index (χ1v) is 3.76. The lowest BCUT2D eigenvalue weighted by Gasteiger charge is -2.00. The molecule has 0 aliphatic carbocycles. The maximum absolute atomic E-state index is 10.2. The van der Waals surface area contributed by atoms with Gasteiger partial charge in [-0.3, -0.25) is 0 Å². The van der Waals surface area contributed by atoms with E-state index in [1.807, 2.05) is 0 Å². The molecule has 0 fully saturated rings. The van der Waals surface area contributed by atoms with Gasteiger partial charge in [-0.25, -0.2) is 4.79 Å². The standard InChI is InChI=1S/C6H11N5O2/c1-4-10-6(13-11-4)9-3-2-8-5(7)12/h2-3H2,1H3,(H3,7,8,12)(H,9,10,11). The van der Waals surface area contributed by atoms with E-state index in [0.717, 1.165) is 0 Å². The summed E-state index contributed by atoms with van der Waals surface area (Å²) in [5.74, 6) is 0.561. The lowest BCUT2D eigenvalue weighted by Crippen LogP contribution is -2.33. The van der Waals surface area contributed by atoms with E-state index in [9.17, 15) is 4.79 Å². The van der Waals surface area contributed by atoms with Crippen molar-refractivity contribution in [3.05, 3.63) is 5.82 Å². The van der Waals surface area contributed by atoms with Crippen LogP contribution in [-0.4, -0.2) is 29.3 Å². The van der Waals surface area contributed by atoms with E-state index in [-0.39, 0.29) is 0 Å². The Hall–Kier alpha value is -1.79. The van der Waals surface area contributed by atoms with Gasteiger partial charge in [-0.2, -0.15) is 4.98 Å². The Morgan fingerprint density at radius 1 is 1.62 bits per heavy atom. The maximum Gasteiger partial charge on any atom is 0.321 e. The quantitative estimate of drug-likeness (QED) is 0.546. The molecule has 0 saturated heterocycles. The largest absolute Gasteiger partial charge is 0.352 e. The van der Waals surface area contributed by atoms with Crippen LogP contribution >= 0.6 is 0 Å². The van der Waals surface area contributed by atoms with E-state index in [4.69, 9.17) is 10.3 Å². The fourth-order valence-corrected chi connectivity index (χ4v) is 0.724. The summed E-state index contributed by atoms with van der Waals surface area (Å²) in [6.45, 7) is 2.62. The van der Waals surface area contributed by atoms with Crippen LogP contribution in [0, 0.1) is 6.92 Å². The number of nitrogens with two attached hydrogens (primary N) is 1. The second kappa shape index (κ2) is 4.29. The molecule has 1 rings (SSSR count). The van der Waals surface area contributed by atoms with E-state index < -0.39 is 6.03 Å². The fraction of sp³-hybridized carbons (Fsp3) is 0.500. The molecular weight excluding hydrogens is 174 g/mol. The molecule has 0 aromatic carbocycles. The molecule has 0 bridgehead atoms. The number of primary amides is 1. The summed E-state index contributed by atoms with van der Waals surface area (Å²) >= 11 is 0. The van der Waals surface area contributed by atoms with E-state index in [1.54, 1.807) is 6.92 Å². The zero-order valence-electron chi connectivity index (χ0n) is 7.20. The molecular formula is C6H11N5O2. The van der Waals surface area contributed by atoms with Crippen molar-refractivity contribution in [1.29, 1.82) is 0 Å². The highest BCUT2D eigenvalue weighted by Crippen LogP contribution is 1.99. The van der Waals surface area contributed by atoms with Gasteiger partial charge >= 0.3 is 12.0 Å². The minimum absolute atomic E-state index is 0.337. The summed E-state index contributed by atoms with van der Waals surface area (Å²) in [5.41, 5.74) is 4.85. The minimum atomic E-state index is -0.552. The van der Waals surface area contributed by atoms with Crippen molar-refractivity contribution >= 4 is 12.0 Å². The average Bonchev–Trinajstić information content (AvgIpc) is 2.45. The topological polar surface area (TPSA) is 106 Å². The zero-order chi connectivity index (χ0) is 9.68. The Kier molecular flexibility index (Phi) is 3.07. The van der Waals surface area contributed by atoms with Crippen LogP contribution in [0.5, 0.6) is 0 Å². The Morgan fingerprint density at radius 2 is 2.38 bits per heavy atom. The number of hydrogen-bond donors (Lipinski definition) is 3. The van der Waals surface area contributed by atoms with Gasteiger partial charge in [-0.1, -0.05) is 5.16 Å². The molecule has 7 heteroatoms. The van der Waals surface area contributed by atoms with Crippen molar-refractivity contribution in [1.82, 2.24) is 15.5 Å². The predicted molar refractivity (Wildman–Crippen MR) is 45.1 cm³/mol. The molecule has 2 amide bonds. The van der Waals surface area contributed by atoms with Crippen LogP contribution in [0.25, 0.3) is 0 Å². The summed E-state index contributed by atoms with van der Waals surface area (Å²) in [6.07, 6.45) is 0. The average molecular weight is 185 g/mol. The Labute approximate surface area is 74.7 Å². The Morgan fingerprint density at radius 3 is 2.92 bits per heavy atom. The van der Waals surface area contributed by atoms with Crippen LogP contribution < -0.4 is 16.4 Å². The third kappa shape index (κ3) is 3.41. The van der Waals surface area contributed by atoms with E-state index in [0.29, 0.717) is 24.9 Å². The third-order valence-corrected chi connectivity index (χ3v) is 1.23. The molecule has 0 unspecified atom stereocenters. The molecule has 0 radical (unpaired) electrons. The number of hydrogen-bond acceptors (Lipinski definition) is 5. The monoisotopic (exact) mass is 185 g/mol. The van der Waals surface area contributed by atoms with Crippen LogP contribution in [0.1, 0.15) is 5.82 Å². The van der Waals surface area contributed by atoms with Crippen molar-refractivity contribution in [2.24, 2.45) is 5.73 Å². The first kappa shape index (κ1) is 9.30. The summed E-state index contributed by atoms with van der Waals surface area (Å²) in [6, 6.07) is -0.215. The highest BCUT2D eigenvalue weighted by molar-refractivity contribution is 5.71. The summed E-state index contributed by atoms with van der Waals surface area (Å²) in [7, 11) is 0. The number of anilines is 1. The number of aryl methyl sites for hydroxylation is 1. The van der Waals surface area contributed by atoms with Crippen LogP contribution in [0.3, 0.4) is 0 Å². The molecule has 4 N–H and O–H groups in total. The SMILES string of the molecule is Cc1noc(NCCNC(N)=O)n1. The summed E-state index contributed by atoms with van der Waals surface area (Å²) in [4.78, 5) is 14.1. The van der Waals surface area contributed by atoms with Crippen molar-refractivity contribution < 1.29 is 9.32 Å². The van der Waals surface area contributed by atoms with Gasteiger partial charge in [0.2, 0.25) is 0 Å². The van der Waals surface area contributed by atoms with E-state index in [1.165, 1.54) is 0 Å². The minimum Gasteiger partial charge on any atom is -0.352 e. The van der Waals surface area contributed by atoms with Crippen molar-refractivity contribution in [3.8, 4) is 0 Å². The molecule has 1 aromatic heterocycles. The smallest absolute Gasteiger partial charge is 0.321 e. The summed E-state index contributed by atoms with van der Waals surface area (Å²) < 4.78 is 4.76. The molecule has 1 aromatic rings. The number of amides is 2. The van der Waals surface area contributed by atoms with Crippen LogP contribution in [0.2, 0.25) is 0 Å². The van der Waals surface area contributed by atoms with Gasteiger partial charge < -0.3 is 20.9 Å². The Bertz CT molecular complexity index is 284. The zero-order valence-corrected chi connectivity index (χ0v) is 7.20. The molecule has 1 heterocycles. The van der Waals surface area contributed by atoms with Crippen molar-refractivity contribution in [2.45, 2.75) is 6.92 Å². The normalized spacial score (nSPS) is 9.62. The number of carbonyl (C=O) groups excluding carboxylic acids is 1. The lowest BCUT2D eigenvalue weighted by atomic mass is 10.6. The summed E-state index contributed by atoms with van der Waals surface area (Å²) in [5, 5.41) is 8.79. The molecule has 13 heavy (non-hydrogen) atoms. The second-order valence-electron chi connectivity index (χ2n) is 2.36. The number of rotatable bonds is 4. The molecule has 0 saturated carbocycles. The number of aromatic nitrogens is 2. The third-order valence-electron chi connectivity index (χ3n) is 1.23. The van der Waals surface area contributed by atoms with Gasteiger partial charge in [0.15, 0.2) is 5.82 Å². The van der Waals surface area contributed by atoms with Gasteiger partial charge in [-0.05, 0) is 6.92 Å². The lowest BCUT2D eigenvalue weighted by molar-refractivity contribution is 0.249. The number of nitrogens with one attached hydrogen (secondary N) is 2. The second-order valence-corrected chi connectivity index (χ2v) is 2.36. The number of urea groups is 1. The molecule has 72 valence electrons. The van der Waals surface area contributed by atoms with Crippen LogP contribution in [0.4, 0.5) is 10.8 Å². The van der Waals surface area contributed by atoms with Crippen molar-refractivity contribution in [3.63, 3.8) is 0 Å². The van der Waals surface area contributed by atoms with Gasteiger partial charge in [0, 0.05) is 13.1 Å². The highest BCUT2D eigenvalue weighted by atomic mass is 16.5. The first-order chi connectivity index (χ1) is 6.18.